The SMILES string of the molecule is O=S(=O)(NCC1CC1)c1cccnc1NC1CCCOCC1. The lowest BCUT2D eigenvalue weighted by molar-refractivity contribution is 0.144. The molecular formula is C15H23N3O3S. The molecule has 7 heteroatoms. The van der Waals surface area contributed by atoms with E-state index in [-0.39, 0.29) is 10.9 Å². The number of aromatic nitrogens is 1. The second-order valence-corrected chi connectivity index (χ2v) is 7.77. The van der Waals surface area contributed by atoms with Crippen LogP contribution in [0.25, 0.3) is 0 Å². The topological polar surface area (TPSA) is 80.3 Å². The van der Waals surface area contributed by atoms with Gasteiger partial charge in [0.15, 0.2) is 0 Å². The van der Waals surface area contributed by atoms with Crippen LogP contribution < -0.4 is 10.0 Å². The maximum atomic E-state index is 12.5. The highest BCUT2D eigenvalue weighted by Gasteiger charge is 2.26. The molecule has 0 bridgehead atoms. The molecule has 1 aromatic rings. The molecular weight excluding hydrogens is 302 g/mol. The first-order chi connectivity index (χ1) is 10.6. The van der Waals surface area contributed by atoms with Crippen LogP contribution in [-0.2, 0) is 14.8 Å². The van der Waals surface area contributed by atoms with Crippen LogP contribution in [0.1, 0.15) is 32.1 Å². The zero-order chi connectivity index (χ0) is 15.4. The fourth-order valence-corrected chi connectivity index (χ4v) is 3.82. The van der Waals surface area contributed by atoms with Crippen LogP contribution in [0.5, 0.6) is 0 Å². The molecule has 22 heavy (non-hydrogen) atoms. The van der Waals surface area contributed by atoms with Gasteiger partial charge in [-0.05, 0) is 50.2 Å². The lowest BCUT2D eigenvalue weighted by Crippen LogP contribution is -2.28. The molecule has 122 valence electrons. The van der Waals surface area contributed by atoms with Crippen molar-refractivity contribution in [2.75, 3.05) is 25.1 Å². The molecule has 1 aliphatic heterocycles. The molecule has 2 heterocycles. The zero-order valence-electron chi connectivity index (χ0n) is 12.6. The number of pyridine rings is 1. The third-order valence-corrected chi connectivity index (χ3v) is 5.57. The van der Waals surface area contributed by atoms with Crippen molar-refractivity contribution in [2.24, 2.45) is 5.92 Å². The highest BCUT2D eigenvalue weighted by Crippen LogP contribution is 2.29. The second kappa shape index (κ2) is 6.93. The lowest BCUT2D eigenvalue weighted by atomic mass is 10.1. The van der Waals surface area contributed by atoms with E-state index in [2.05, 4.69) is 15.0 Å². The molecule has 1 unspecified atom stereocenters. The summed E-state index contributed by atoms with van der Waals surface area (Å²) in [6, 6.07) is 3.47. The minimum atomic E-state index is -3.51. The smallest absolute Gasteiger partial charge is 0.244 e. The fraction of sp³-hybridized carbons (Fsp3) is 0.667. The Morgan fingerprint density at radius 1 is 1.23 bits per heavy atom. The molecule has 1 atom stereocenters. The molecule has 0 radical (unpaired) electrons. The quantitative estimate of drug-likeness (QED) is 0.833. The molecule has 0 aromatic carbocycles. The first-order valence-electron chi connectivity index (χ1n) is 7.94. The summed E-state index contributed by atoms with van der Waals surface area (Å²) in [6.45, 7) is 1.99. The van der Waals surface area contributed by atoms with Gasteiger partial charge in [0, 0.05) is 32.0 Å². The monoisotopic (exact) mass is 325 g/mol. The van der Waals surface area contributed by atoms with Crippen LogP contribution in [0.3, 0.4) is 0 Å². The molecule has 1 saturated carbocycles. The third-order valence-electron chi connectivity index (χ3n) is 4.11. The van der Waals surface area contributed by atoms with E-state index < -0.39 is 10.0 Å². The average molecular weight is 325 g/mol. The summed E-state index contributed by atoms with van der Waals surface area (Å²) in [6.07, 6.45) is 6.66. The van der Waals surface area contributed by atoms with Crippen molar-refractivity contribution in [3.63, 3.8) is 0 Å². The predicted octanol–water partition coefficient (Wildman–Crippen LogP) is 1.75. The van der Waals surface area contributed by atoms with Gasteiger partial charge in [-0.25, -0.2) is 18.1 Å². The van der Waals surface area contributed by atoms with Gasteiger partial charge in [-0.2, -0.15) is 0 Å². The van der Waals surface area contributed by atoms with E-state index in [0.717, 1.165) is 38.7 Å². The number of sulfonamides is 1. The zero-order valence-corrected chi connectivity index (χ0v) is 13.4. The summed E-state index contributed by atoms with van der Waals surface area (Å²) in [4.78, 5) is 4.48. The van der Waals surface area contributed by atoms with Gasteiger partial charge in [0.05, 0.1) is 0 Å². The number of ether oxygens (including phenoxy) is 1. The largest absolute Gasteiger partial charge is 0.381 e. The van der Waals surface area contributed by atoms with Crippen molar-refractivity contribution in [3.8, 4) is 0 Å². The number of rotatable bonds is 6. The third kappa shape index (κ3) is 4.18. The van der Waals surface area contributed by atoms with Gasteiger partial charge in [-0.3, -0.25) is 0 Å². The van der Waals surface area contributed by atoms with E-state index in [1.807, 2.05) is 0 Å². The van der Waals surface area contributed by atoms with E-state index in [0.29, 0.717) is 24.9 Å². The number of hydrogen-bond donors (Lipinski definition) is 2. The molecule has 1 aromatic heterocycles. The van der Waals surface area contributed by atoms with Crippen LogP contribution in [0.15, 0.2) is 23.2 Å². The van der Waals surface area contributed by atoms with Gasteiger partial charge < -0.3 is 10.1 Å². The number of nitrogens with zero attached hydrogens (tertiary/aromatic N) is 1. The first-order valence-corrected chi connectivity index (χ1v) is 9.42. The predicted molar refractivity (Wildman–Crippen MR) is 84.2 cm³/mol. The van der Waals surface area contributed by atoms with E-state index in [1.165, 1.54) is 0 Å². The molecule has 2 aliphatic rings. The van der Waals surface area contributed by atoms with E-state index in [4.69, 9.17) is 4.74 Å². The summed E-state index contributed by atoms with van der Waals surface area (Å²) in [5.74, 6) is 0.944. The van der Waals surface area contributed by atoms with Crippen LogP contribution in [0.2, 0.25) is 0 Å². The Kier molecular flexibility index (Phi) is 4.95. The normalized spacial score (nSPS) is 23.0. The Balaban J connectivity index is 1.73. The Morgan fingerprint density at radius 3 is 2.91 bits per heavy atom. The summed E-state index contributed by atoms with van der Waals surface area (Å²) in [5, 5.41) is 3.29. The molecule has 6 nitrogen and oxygen atoms in total. The molecule has 1 saturated heterocycles. The summed E-state index contributed by atoms with van der Waals surface area (Å²) >= 11 is 0. The fourth-order valence-electron chi connectivity index (χ4n) is 2.58. The number of nitrogens with one attached hydrogen (secondary N) is 2. The average Bonchev–Trinajstić information content (AvgIpc) is 3.34. The second-order valence-electron chi connectivity index (χ2n) is 6.03. The molecule has 0 spiro atoms. The molecule has 1 aliphatic carbocycles. The van der Waals surface area contributed by atoms with E-state index in [9.17, 15) is 8.42 Å². The van der Waals surface area contributed by atoms with Crippen molar-refractivity contribution >= 4 is 15.8 Å². The van der Waals surface area contributed by atoms with Crippen LogP contribution >= 0.6 is 0 Å². The number of anilines is 1. The van der Waals surface area contributed by atoms with Crippen molar-refractivity contribution < 1.29 is 13.2 Å². The summed E-state index contributed by atoms with van der Waals surface area (Å²) in [7, 11) is -3.51. The van der Waals surface area contributed by atoms with Gasteiger partial charge in [0.1, 0.15) is 10.7 Å². The Bertz CT molecular complexity index is 594. The highest BCUT2D eigenvalue weighted by molar-refractivity contribution is 7.89. The van der Waals surface area contributed by atoms with E-state index in [1.54, 1.807) is 18.3 Å². The Morgan fingerprint density at radius 2 is 2.09 bits per heavy atom. The summed E-state index contributed by atoms with van der Waals surface area (Å²) < 4.78 is 33.1. The maximum Gasteiger partial charge on any atom is 0.244 e. The van der Waals surface area contributed by atoms with Crippen molar-refractivity contribution in [3.05, 3.63) is 18.3 Å². The standard InChI is InChI=1S/C15H23N3O3S/c19-22(20,17-11-12-5-6-12)14-4-1-8-16-15(14)18-13-3-2-9-21-10-7-13/h1,4,8,12-13,17H,2-3,5-7,9-11H2,(H,16,18). The highest BCUT2D eigenvalue weighted by atomic mass is 32.2. The maximum absolute atomic E-state index is 12.5. The molecule has 3 rings (SSSR count). The van der Waals surface area contributed by atoms with Gasteiger partial charge in [0.2, 0.25) is 10.0 Å². The minimum Gasteiger partial charge on any atom is -0.381 e. The molecule has 2 N–H and O–H groups in total. The van der Waals surface area contributed by atoms with Crippen LogP contribution in [0, 0.1) is 5.92 Å². The van der Waals surface area contributed by atoms with Gasteiger partial charge in [-0.15, -0.1) is 0 Å². The van der Waals surface area contributed by atoms with Crippen molar-refractivity contribution in [1.82, 2.24) is 9.71 Å². The number of hydrogen-bond acceptors (Lipinski definition) is 5. The van der Waals surface area contributed by atoms with Crippen LogP contribution in [0.4, 0.5) is 5.82 Å². The van der Waals surface area contributed by atoms with Crippen molar-refractivity contribution in [1.29, 1.82) is 0 Å². The van der Waals surface area contributed by atoms with Gasteiger partial charge in [-0.1, -0.05) is 0 Å². The lowest BCUT2D eigenvalue weighted by Gasteiger charge is -2.18. The minimum absolute atomic E-state index is 0.204. The Labute approximate surface area is 131 Å². The molecule has 0 amide bonds. The molecule has 2 fully saturated rings. The Hall–Kier alpha value is -1.18. The first kappa shape index (κ1) is 15.7. The van der Waals surface area contributed by atoms with Gasteiger partial charge >= 0.3 is 0 Å². The summed E-state index contributed by atoms with van der Waals surface area (Å²) in [5.41, 5.74) is 0. The van der Waals surface area contributed by atoms with E-state index >= 15 is 0 Å². The van der Waals surface area contributed by atoms with Gasteiger partial charge in [0.25, 0.3) is 0 Å². The van der Waals surface area contributed by atoms with Crippen molar-refractivity contribution in [2.45, 2.75) is 43.0 Å². The van der Waals surface area contributed by atoms with Crippen LogP contribution in [-0.4, -0.2) is 39.2 Å².